The minimum absolute atomic E-state index is 0.0400. The largest absolute Gasteiger partial charge is 0.383 e. The van der Waals surface area contributed by atoms with Crippen molar-refractivity contribution in [2.24, 2.45) is 0 Å². The number of hydrogen-bond donors (Lipinski definition) is 0. The molecule has 1 aromatic rings. The Hall–Kier alpha value is -2.48. The molecule has 0 N–H and O–H groups in total. The van der Waals surface area contributed by atoms with Crippen LogP contribution in [-0.4, -0.2) is 64.8 Å². The maximum atomic E-state index is 12.7. The molecule has 1 aliphatic heterocycles. The molecule has 26 heavy (non-hydrogen) atoms. The minimum atomic E-state index is -0.946. The van der Waals surface area contributed by atoms with Crippen molar-refractivity contribution in [1.82, 2.24) is 14.4 Å². The minimum Gasteiger partial charge on any atom is -0.383 e. The van der Waals surface area contributed by atoms with Gasteiger partial charge < -0.3 is 9.30 Å². The van der Waals surface area contributed by atoms with Crippen molar-refractivity contribution in [1.29, 1.82) is 0 Å². The topological polar surface area (TPSA) is 88.9 Å². The van der Waals surface area contributed by atoms with Gasteiger partial charge in [0.25, 0.3) is 0 Å². The second-order valence-corrected chi connectivity index (χ2v) is 6.51. The molecule has 1 fully saturated rings. The zero-order chi connectivity index (χ0) is 19.6. The number of hydrogen-bond acceptors (Lipinski definition) is 5. The van der Waals surface area contributed by atoms with Crippen LogP contribution >= 0.6 is 0 Å². The van der Waals surface area contributed by atoms with Gasteiger partial charge in [0.05, 0.1) is 19.2 Å². The van der Waals surface area contributed by atoms with Gasteiger partial charge in [0.2, 0.25) is 0 Å². The molecule has 0 unspecified atom stereocenters. The van der Waals surface area contributed by atoms with E-state index in [1.165, 1.54) is 0 Å². The van der Waals surface area contributed by atoms with Crippen LogP contribution in [0.3, 0.4) is 0 Å². The van der Waals surface area contributed by atoms with E-state index in [4.69, 9.17) is 4.74 Å². The van der Waals surface area contributed by atoms with E-state index < -0.39 is 24.4 Å². The quantitative estimate of drug-likeness (QED) is 0.398. The fourth-order valence-electron chi connectivity index (χ4n) is 3.39. The standard InChI is InChI=1S/C18H25N3O5/c1-6-7-19-16(23)17(24)20(18(19)25)9-15(22)14-8-11(2)21(13(14)4)12(3)10-26-5/h8,12H,6-7,9-10H2,1-5H3/t12-/m0/s1. The lowest BCUT2D eigenvalue weighted by molar-refractivity contribution is -0.143. The fraction of sp³-hybridized carbons (Fsp3) is 0.556. The van der Waals surface area contributed by atoms with Crippen LogP contribution < -0.4 is 0 Å². The van der Waals surface area contributed by atoms with Crippen LogP contribution in [0.2, 0.25) is 0 Å². The second-order valence-electron chi connectivity index (χ2n) is 6.51. The Balaban J connectivity index is 2.23. The number of ether oxygens (including phenoxy) is 1. The number of nitrogens with zero attached hydrogens (tertiary/aromatic N) is 3. The first kappa shape index (κ1) is 19.8. The highest BCUT2D eigenvalue weighted by atomic mass is 16.5. The monoisotopic (exact) mass is 363 g/mol. The predicted octanol–water partition coefficient (Wildman–Crippen LogP) is 1.70. The van der Waals surface area contributed by atoms with Crippen molar-refractivity contribution in [3.8, 4) is 0 Å². The molecule has 4 amide bonds. The molecule has 0 aromatic carbocycles. The SMILES string of the molecule is CCCN1C(=O)C(=O)N(CC(=O)c2cc(C)n([C@@H](C)COC)c2C)C1=O. The number of urea groups is 1. The van der Waals surface area contributed by atoms with Crippen molar-refractivity contribution in [3.63, 3.8) is 0 Å². The van der Waals surface area contributed by atoms with Crippen LogP contribution in [-0.2, 0) is 14.3 Å². The number of carbonyl (C=O) groups excluding carboxylic acids is 4. The zero-order valence-electron chi connectivity index (χ0n) is 15.9. The summed E-state index contributed by atoms with van der Waals surface area (Å²) < 4.78 is 7.16. The van der Waals surface area contributed by atoms with Crippen molar-refractivity contribution >= 4 is 23.6 Å². The van der Waals surface area contributed by atoms with Gasteiger partial charge in [0.1, 0.15) is 0 Å². The highest BCUT2D eigenvalue weighted by molar-refractivity contribution is 6.45. The lowest BCUT2D eigenvalue weighted by atomic mass is 10.1. The number of aryl methyl sites for hydroxylation is 1. The predicted molar refractivity (Wildman–Crippen MR) is 93.9 cm³/mol. The summed E-state index contributed by atoms with van der Waals surface area (Å²) in [6.07, 6.45) is 0.547. The molecule has 0 saturated carbocycles. The van der Waals surface area contributed by atoms with Gasteiger partial charge >= 0.3 is 17.8 Å². The lowest BCUT2D eigenvalue weighted by Gasteiger charge is -2.18. The summed E-state index contributed by atoms with van der Waals surface area (Å²) in [7, 11) is 1.61. The van der Waals surface area contributed by atoms with Crippen LogP contribution in [0.25, 0.3) is 0 Å². The first-order chi connectivity index (χ1) is 12.2. The molecular formula is C18H25N3O5. The number of carbonyl (C=O) groups is 4. The van der Waals surface area contributed by atoms with Gasteiger partial charge in [0.15, 0.2) is 5.78 Å². The van der Waals surface area contributed by atoms with E-state index in [-0.39, 0.29) is 18.4 Å². The molecular weight excluding hydrogens is 338 g/mol. The van der Waals surface area contributed by atoms with Crippen LogP contribution in [0.15, 0.2) is 6.07 Å². The molecule has 1 aliphatic rings. The summed E-state index contributed by atoms with van der Waals surface area (Å²) in [5, 5.41) is 0. The van der Waals surface area contributed by atoms with Gasteiger partial charge in [-0.3, -0.25) is 19.3 Å². The molecule has 1 saturated heterocycles. The zero-order valence-corrected chi connectivity index (χ0v) is 15.9. The molecule has 8 heteroatoms. The summed E-state index contributed by atoms with van der Waals surface area (Å²) in [5.41, 5.74) is 2.07. The van der Waals surface area contributed by atoms with Crippen molar-refractivity contribution in [3.05, 3.63) is 23.0 Å². The average molecular weight is 363 g/mol. The maximum absolute atomic E-state index is 12.7. The fourth-order valence-corrected chi connectivity index (χ4v) is 3.39. The van der Waals surface area contributed by atoms with Gasteiger partial charge in [-0.15, -0.1) is 0 Å². The molecule has 2 heterocycles. The van der Waals surface area contributed by atoms with Gasteiger partial charge in [-0.1, -0.05) is 6.92 Å². The molecule has 1 atom stereocenters. The first-order valence-corrected chi connectivity index (χ1v) is 8.62. The summed E-state index contributed by atoms with van der Waals surface area (Å²) in [6.45, 7) is 7.70. The molecule has 0 spiro atoms. The Morgan fingerprint density at radius 3 is 2.35 bits per heavy atom. The summed E-state index contributed by atoms with van der Waals surface area (Å²) in [6, 6.07) is 1.05. The Morgan fingerprint density at radius 2 is 1.77 bits per heavy atom. The Morgan fingerprint density at radius 1 is 1.15 bits per heavy atom. The molecule has 8 nitrogen and oxygen atoms in total. The van der Waals surface area contributed by atoms with Crippen molar-refractivity contribution in [2.75, 3.05) is 26.8 Å². The van der Waals surface area contributed by atoms with E-state index in [0.717, 1.165) is 21.2 Å². The number of rotatable bonds is 8. The van der Waals surface area contributed by atoms with Gasteiger partial charge in [-0.2, -0.15) is 0 Å². The van der Waals surface area contributed by atoms with Crippen molar-refractivity contribution in [2.45, 2.75) is 40.2 Å². The number of aromatic nitrogens is 1. The number of ketones is 1. The number of Topliss-reactive ketones (excluding diaryl/α,β-unsaturated/α-hetero) is 1. The van der Waals surface area contributed by atoms with Crippen LogP contribution in [0.1, 0.15) is 48.1 Å². The third kappa shape index (κ3) is 3.41. The summed E-state index contributed by atoms with van der Waals surface area (Å²) >= 11 is 0. The first-order valence-electron chi connectivity index (χ1n) is 8.62. The molecule has 0 aliphatic carbocycles. The number of methoxy groups -OCH3 is 1. The molecule has 2 rings (SSSR count). The van der Waals surface area contributed by atoms with E-state index >= 15 is 0 Å². The van der Waals surface area contributed by atoms with Gasteiger partial charge in [-0.25, -0.2) is 9.69 Å². The van der Waals surface area contributed by atoms with E-state index in [0.29, 0.717) is 18.6 Å². The molecule has 142 valence electrons. The smallest absolute Gasteiger partial charge is 0.334 e. The van der Waals surface area contributed by atoms with Crippen molar-refractivity contribution < 1.29 is 23.9 Å². The van der Waals surface area contributed by atoms with Crippen LogP contribution in [0, 0.1) is 13.8 Å². The Bertz CT molecular complexity index is 752. The van der Waals surface area contributed by atoms with E-state index in [2.05, 4.69) is 0 Å². The summed E-state index contributed by atoms with van der Waals surface area (Å²) in [5.74, 6) is -2.19. The normalized spacial score (nSPS) is 16.0. The van der Waals surface area contributed by atoms with E-state index in [1.54, 1.807) is 20.1 Å². The maximum Gasteiger partial charge on any atom is 0.334 e. The highest BCUT2D eigenvalue weighted by Crippen LogP contribution is 2.22. The molecule has 0 radical (unpaired) electrons. The van der Waals surface area contributed by atoms with E-state index in [9.17, 15) is 19.2 Å². The van der Waals surface area contributed by atoms with Gasteiger partial charge in [0, 0.05) is 30.6 Å². The third-order valence-corrected chi connectivity index (χ3v) is 4.52. The Kier molecular flexibility index (Phi) is 5.97. The molecule has 1 aromatic heterocycles. The molecule has 0 bridgehead atoms. The van der Waals surface area contributed by atoms with Crippen LogP contribution in [0.5, 0.6) is 0 Å². The summed E-state index contributed by atoms with van der Waals surface area (Å²) in [4.78, 5) is 50.6. The van der Waals surface area contributed by atoms with Crippen LogP contribution in [0.4, 0.5) is 4.79 Å². The lowest BCUT2D eigenvalue weighted by Crippen LogP contribution is -2.37. The van der Waals surface area contributed by atoms with E-state index in [1.807, 2.05) is 25.3 Å². The highest BCUT2D eigenvalue weighted by Gasteiger charge is 2.44. The van der Waals surface area contributed by atoms with Gasteiger partial charge in [-0.05, 0) is 33.3 Å². The second kappa shape index (κ2) is 7.82. The third-order valence-electron chi connectivity index (χ3n) is 4.52. The number of amides is 4. The Labute approximate surface area is 152 Å². The average Bonchev–Trinajstić information content (AvgIpc) is 2.99. The number of imide groups is 2.